The number of benzene rings is 2. The fraction of sp³-hybridized carbons (Fsp3) is 0.118. The van der Waals surface area contributed by atoms with Gasteiger partial charge in [0, 0.05) is 20.2 Å². The summed E-state index contributed by atoms with van der Waals surface area (Å²) in [4.78, 5) is 12.3. The van der Waals surface area contributed by atoms with Crippen LogP contribution in [0.3, 0.4) is 0 Å². The Balaban J connectivity index is 1.82. The SMILES string of the molecule is Cc1c(C(=O)CNc2cccc(I)c2)oc2ccc(F)cc12. The summed E-state index contributed by atoms with van der Waals surface area (Å²) >= 11 is 2.21. The monoisotopic (exact) mass is 409 g/mol. The number of hydrogen-bond donors (Lipinski definition) is 1. The van der Waals surface area contributed by atoms with Crippen LogP contribution in [0.25, 0.3) is 11.0 Å². The Morgan fingerprint density at radius 3 is 2.86 bits per heavy atom. The maximum atomic E-state index is 13.3. The molecule has 0 aliphatic heterocycles. The van der Waals surface area contributed by atoms with Gasteiger partial charge >= 0.3 is 0 Å². The third-order valence-electron chi connectivity index (χ3n) is 3.43. The first-order valence-electron chi connectivity index (χ1n) is 6.76. The fourth-order valence-corrected chi connectivity index (χ4v) is 2.86. The number of carbonyl (C=O) groups excluding carboxylic acids is 1. The number of ketones is 1. The van der Waals surface area contributed by atoms with Crippen molar-refractivity contribution in [2.75, 3.05) is 11.9 Å². The third kappa shape index (κ3) is 2.99. The van der Waals surface area contributed by atoms with Crippen LogP contribution in [0.15, 0.2) is 46.9 Å². The van der Waals surface area contributed by atoms with E-state index in [-0.39, 0.29) is 23.9 Å². The van der Waals surface area contributed by atoms with Gasteiger partial charge in [-0.3, -0.25) is 4.79 Å². The molecule has 0 amide bonds. The standard InChI is InChI=1S/C17H13FINO2/c1-10-14-7-11(18)5-6-16(14)22-17(10)15(21)9-20-13-4-2-3-12(19)8-13/h2-8,20H,9H2,1H3. The molecule has 3 aromatic rings. The molecule has 0 radical (unpaired) electrons. The molecule has 22 heavy (non-hydrogen) atoms. The molecule has 0 aliphatic rings. The van der Waals surface area contributed by atoms with Gasteiger partial charge in [0.2, 0.25) is 5.78 Å². The van der Waals surface area contributed by atoms with E-state index >= 15 is 0 Å². The van der Waals surface area contributed by atoms with Crippen LogP contribution in [0.1, 0.15) is 16.1 Å². The van der Waals surface area contributed by atoms with Crippen LogP contribution in [0.2, 0.25) is 0 Å². The molecule has 1 N–H and O–H groups in total. The molecule has 1 aromatic heterocycles. The second-order valence-corrected chi connectivity index (χ2v) is 6.23. The molecular weight excluding hydrogens is 396 g/mol. The number of nitrogens with one attached hydrogen (secondary N) is 1. The number of hydrogen-bond acceptors (Lipinski definition) is 3. The number of halogens is 2. The summed E-state index contributed by atoms with van der Waals surface area (Å²) in [5.74, 6) is -0.223. The van der Waals surface area contributed by atoms with Crippen molar-refractivity contribution in [1.29, 1.82) is 0 Å². The summed E-state index contributed by atoms with van der Waals surface area (Å²) in [5.41, 5.74) is 2.07. The van der Waals surface area contributed by atoms with E-state index in [0.29, 0.717) is 16.5 Å². The van der Waals surface area contributed by atoms with E-state index in [9.17, 15) is 9.18 Å². The number of furan rings is 1. The summed E-state index contributed by atoms with van der Waals surface area (Å²) in [6, 6.07) is 12.0. The van der Waals surface area contributed by atoms with Crippen LogP contribution in [-0.2, 0) is 0 Å². The molecule has 0 atom stereocenters. The minimum Gasteiger partial charge on any atom is -0.453 e. The van der Waals surface area contributed by atoms with Crippen molar-refractivity contribution < 1.29 is 13.6 Å². The molecule has 0 spiro atoms. The number of Topliss-reactive ketones (excluding diaryl/α,β-unsaturated/α-hetero) is 1. The second-order valence-electron chi connectivity index (χ2n) is 4.98. The molecule has 3 rings (SSSR count). The van der Waals surface area contributed by atoms with Gasteiger partial charge in [-0.25, -0.2) is 4.39 Å². The minimum absolute atomic E-state index is 0.128. The Bertz CT molecular complexity index is 857. The van der Waals surface area contributed by atoms with E-state index < -0.39 is 0 Å². The number of fused-ring (bicyclic) bond motifs is 1. The predicted octanol–water partition coefficient (Wildman–Crippen LogP) is 4.78. The van der Waals surface area contributed by atoms with Crippen LogP contribution < -0.4 is 5.32 Å². The van der Waals surface area contributed by atoms with E-state index in [1.807, 2.05) is 24.3 Å². The van der Waals surface area contributed by atoms with Gasteiger partial charge in [-0.05, 0) is 65.9 Å². The van der Waals surface area contributed by atoms with Crippen LogP contribution in [0, 0.1) is 16.3 Å². The second kappa shape index (κ2) is 6.08. The zero-order valence-corrected chi connectivity index (χ0v) is 14.0. The van der Waals surface area contributed by atoms with Gasteiger partial charge in [-0.2, -0.15) is 0 Å². The third-order valence-corrected chi connectivity index (χ3v) is 4.10. The highest BCUT2D eigenvalue weighted by Gasteiger charge is 2.17. The number of rotatable bonds is 4. The van der Waals surface area contributed by atoms with Crippen LogP contribution in [0.4, 0.5) is 10.1 Å². The van der Waals surface area contributed by atoms with Crippen molar-refractivity contribution in [1.82, 2.24) is 0 Å². The first-order chi connectivity index (χ1) is 10.5. The molecular formula is C17H13FINO2. The molecule has 1 heterocycles. The van der Waals surface area contributed by atoms with Gasteiger partial charge in [0.15, 0.2) is 5.76 Å². The van der Waals surface area contributed by atoms with Gasteiger partial charge in [0.1, 0.15) is 11.4 Å². The first kappa shape index (κ1) is 15.0. The summed E-state index contributed by atoms with van der Waals surface area (Å²) in [6.45, 7) is 1.90. The average molecular weight is 409 g/mol. The molecule has 112 valence electrons. The van der Waals surface area contributed by atoms with Gasteiger partial charge in [0.25, 0.3) is 0 Å². The molecule has 0 bridgehead atoms. The minimum atomic E-state index is -0.340. The highest BCUT2D eigenvalue weighted by atomic mass is 127. The lowest BCUT2D eigenvalue weighted by molar-refractivity contribution is 0.0981. The summed E-state index contributed by atoms with van der Waals surface area (Å²) in [5, 5.41) is 3.71. The van der Waals surface area contributed by atoms with Crippen LogP contribution in [-0.4, -0.2) is 12.3 Å². The van der Waals surface area contributed by atoms with E-state index in [0.717, 1.165) is 9.26 Å². The van der Waals surface area contributed by atoms with Gasteiger partial charge in [-0.15, -0.1) is 0 Å². The lowest BCUT2D eigenvalue weighted by Crippen LogP contribution is -2.14. The highest BCUT2D eigenvalue weighted by Crippen LogP contribution is 2.26. The van der Waals surface area contributed by atoms with Gasteiger partial charge in [-0.1, -0.05) is 6.07 Å². The van der Waals surface area contributed by atoms with E-state index in [1.165, 1.54) is 12.1 Å². The smallest absolute Gasteiger partial charge is 0.217 e. The Morgan fingerprint density at radius 1 is 1.27 bits per heavy atom. The van der Waals surface area contributed by atoms with E-state index in [4.69, 9.17) is 4.42 Å². The topological polar surface area (TPSA) is 42.2 Å². The van der Waals surface area contributed by atoms with E-state index in [2.05, 4.69) is 27.9 Å². The molecule has 0 saturated heterocycles. The summed E-state index contributed by atoms with van der Waals surface area (Å²) in [6.07, 6.45) is 0. The summed E-state index contributed by atoms with van der Waals surface area (Å²) < 4.78 is 20.0. The Kier molecular flexibility index (Phi) is 4.15. The maximum absolute atomic E-state index is 13.3. The molecule has 2 aromatic carbocycles. The first-order valence-corrected chi connectivity index (χ1v) is 7.84. The molecule has 3 nitrogen and oxygen atoms in total. The summed E-state index contributed by atoms with van der Waals surface area (Å²) in [7, 11) is 0. The van der Waals surface area contributed by atoms with Crippen molar-refractivity contribution in [2.45, 2.75) is 6.92 Å². The Labute approximate surface area is 140 Å². The van der Waals surface area contributed by atoms with Crippen molar-refractivity contribution in [3.05, 3.63) is 63.2 Å². The number of carbonyl (C=O) groups is 1. The van der Waals surface area contributed by atoms with Crippen molar-refractivity contribution in [3.63, 3.8) is 0 Å². The quantitative estimate of drug-likeness (QED) is 0.498. The maximum Gasteiger partial charge on any atom is 0.217 e. The Hall–Kier alpha value is -1.89. The van der Waals surface area contributed by atoms with Crippen molar-refractivity contribution >= 4 is 45.0 Å². The lowest BCUT2D eigenvalue weighted by atomic mass is 10.1. The van der Waals surface area contributed by atoms with Crippen molar-refractivity contribution in [2.24, 2.45) is 0 Å². The predicted molar refractivity (Wildman–Crippen MR) is 92.9 cm³/mol. The normalized spacial score (nSPS) is 10.9. The fourth-order valence-electron chi connectivity index (χ4n) is 2.32. The zero-order chi connectivity index (χ0) is 15.7. The zero-order valence-electron chi connectivity index (χ0n) is 11.8. The molecule has 0 fully saturated rings. The lowest BCUT2D eigenvalue weighted by Gasteiger charge is -2.05. The molecule has 0 unspecified atom stereocenters. The largest absolute Gasteiger partial charge is 0.453 e. The highest BCUT2D eigenvalue weighted by molar-refractivity contribution is 14.1. The van der Waals surface area contributed by atoms with Crippen molar-refractivity contribution in [3.8, 4) is 0 Å². The Morgan fingerprint density at radius 2 is 2.09 bits per heavy atom. The van der Waals surface area contributed by atoms with Gasteiger partial charge < -0.3 is 9.73 Å². The van der Waals surface area contributed by atoms with Crippen LogP contribution >= 0.6 is 22.6 Å². The molecule has 5 heteroatoms. The average Bonchev–Trinajstić information content (AvgIpc) is 2.82. The van der Waals surface area contributed by atoms with E-state index in [1.54, 1.807) is 13.0 Å². The number of anilines is 1. The molecule has 0 aliphatic carbocycles. The van der Waals surface area contributed by atoms with Crippen LogP contribution in [0.5, 0.6) is 0 Å². The number of aryl methyl sites for hydroxylation is 1. The molecule has 0 saturated carbocycles. The van der Waals surface area contributed by atoms with Gasteiger partial charge in [0.05, 0.1) is 6.54 Å².